The van der Waals surface area contributed by atoms with Crippen molar-refractivity contribution in [1.29, 1.82) is 0 Å². The summed E-state index contributed by atoms with van der Waals surface area (Å²) in [6.07, 6.45) is 1.26. The number of allylic oxidation sites excluding steroid dienone is 1. The molecule has 0 saturated carbocycles. The SMILES string of the molecule is O=C(O)c1cccc(N=CC2=C(O)c3ccccc3C2=O)c1. The van der Waals surface area contributed by atoms with Crippen molar-refractivity contribution in [3.8, 4) is 0 Å². The second kappa shape index (κ2) is 5.29. The van der Waals surface area contributed by atoms with Crippen LogP contribution < -0.4 is 0 Å². The fraction of sp³-hybridized carbons (Fsp3) is 0. The van der Waals surface area contributed by atoms with Crippen LogP contribution in [0.1, 0.15) is 26.3 Å². The van der Waals surface area contributed by atoms with E-state index in [1.807, 2.05) is 0 Å². The van der Waals surface area contributed by atoms with Gasteiger partial charge in [-0.15, -0.1) is 0 Å². The summed E-state index contributed by atoms with van der Waals surface area (Å²) in [5.74, 6) is -1.46. The first-order chi connectivity index (χ1) is 10.6. The quantitative estimate of drug-likeness (QED) is 0.850. The van der Waals surface area contributed by atoms with Crippen molar-refractivity contribution in [3.05, 3.63) is 70.8 Å². The highest BCUT2D eigenvalue weighted by atomic mass is 16.4. The summed E-state index contributed by atoms with van der Waals surface area (Å²) < 4.78 is 0. The number of carbonyl (C=O) groups is 2. The predicted molar refractivity (Wildman–Crippen MR) is 81.9 cm³/mol. The molecule has 0 heterocycles. The van der Waals surface area contributed by atoms with Crippen molar-refractivity contribution in [1.82, 2.24) is 0 Å². The third kappa shape index (κ3) is 2.29. The lowest BCUT2D eigenvalue weighted by atomic mass is 10.1. The highest BCUT2D eigenvalue weighted by molar-refractivity contribution is 6.30. The van der Waals surface area contributed by atoms with Crippen molar-refractivity contribution in [2.45, 2.75) is 0 Å². The van der Waals surface area contributed by atoms with E-state index in [1.54, 1.807) is 36.4 Å². The number of rotatable bonds is 3. The maximum atomic E-state index is 12.2. The summed E-state index contributed by atoms with van der Waals surface area (Å²) in [6.45, 7) is 0. The van der Waals surface area contributed by atoms with Crippen LogP contribution in [0, 0.1) is 0 Å². The molecule has 22 heavy (non-hydrogen) atoms. The van der Waals surface area contributed by atoms with E-state index < -0.39 is 5.97 Å². The number of nitrogens with zero attached hydrogens (tertiary/aromatic N) is 1. The summed E-state index contributed by atoms with van der Waals surface area (Å²) in [7, 11) is 0. The third-order valence-corrected chi connectivity index (χ3v) is 3.36. The van der Waals surface area contributed by atoms with Gasteiger partial charge in [-0.05, 0) is 18.2 Å². The molecule has 2 N–H and O–H groups in total. The zero-order chi connectivity index (χ0) is 15.7. The second-order valence-electron chi connectivity index (χ2n) is 4.75. The fourth-order valence-corrected chi connectivity index (χ4v) is 2.26. The van der Waals surface area contributed by atoms with E-state index in [4.69, 9.17) is 5.11 Å². The van der Waals surface area contributed by atoms with Crippen molar-refractivity contribution in [2.75, 3.05) is 0 Å². The largest absolute Gasteiger partial charge is 0.506 e. The zero-order valence-electron chi connectivity index (χ0n) is 11.4. The highest BCUT2D eigenvalue weighted by Crippen LogP contribution is 2.30. The number of aromatic carboxylic acids is 1. The molecule has 0 unspecified atom stereocenters. The van der Waals surface area contributed by atoms with Gasteiger partial charge < -0.3 is 10.2 Å². The van der Waals surface area contributed by atoms with Crippen LogP contribution in [0.25, 0.3) is 5.76 Å². The summed E-state index contributed by atoms with van der Waals surface area (Å²) >= 11 is 0. The predicted octanol–water partition coefficient (Wildman–Crippen LogP) is 3.25. The van der Waals surface area contributed by atoms with Crippen LogP contribution in [0.3, 0.4) is 0 Å². The number of carboxylic acids is 1. The van der Waals surface area contributed by atoms with Crippen molar-refractivity contribution >= 4 is 29.4 Å². The molecule has 0 spiro atoms. The molecular formula is C17H11NO4. The second-order valence-corrected chi connectivity index (χ2v) is 4.75. The van der Waals surface area contributed by atoms with Crippen LogP contribution in [-0.4, -0.2) is 28.2 Å². The summed E-state index contributed by atoms with van der Waals surface area (Å²) in [4.78, 5) is 27.2. The molecule has 0 amide bonds. The number of benzene rings is 2. The van der Waals surface area contributed by atoms with E-state index in [2.05, 4.69) is 4.99 Å². The fourth-order valence-electron chi connectivity index (χ4n) is 2.26. The number of aliphatic imine (C=N–C) groups is 1. The Morgan fingerprint density at radius 2 is 1.77 bits per heavy atom. The van der Waals surface area contributed by atoms with E-state index in [-0.39, 0.29) is 22.7 Å². The van der Waals surface area contributed by atoms with Gasteiger partial charge in [-0.1, -0.05) is 30.3 Å². The van der Waals surface area contributed by atoms with Crippen LogP contribution in [0.4, 0.5) is 5.69 Å². The van der Waals surface area contributed by atoms with Crippen LogP contribution in [-0.2, 0) is 0 Å². The molecule has 0 saturated heterocycles. The van der Waals surface area contributed by atoms with Gasteiger partial charge in [0.25, 0.3) is 0 Å². The normalized spacial score (nSPS) is 13.7. The van der Waals surface area contributed by atoms with Gasteiger partial charge >= 0.3 is 5.97 Å². The first-order valence-corrected chi connectivity index (χ1v) is 6.52. The molecule has 0 bridgehead atoms. The van der Waals surface area contributed by atoms with Gasteiger partial charge in [0.05, 0.1) is 16.8 Å². The van der Waals surface area contributed by atoms with Gasteiger partial charge in [0.2, 0.25) is 0 Å². The molecule has 0 aromatic heterocycles. The molecule has 3 rings (SSSR count). The van der Waals surface area contributed by atoms with E-state index in [1.165, 1.54) is 18.3 Å². The molecule has 108 valence electrons. The molecule has 0 atom stereocenters. The van der Waals surface area contributed by atoms with Crippen LogP contribution in [0.5, 0.6) is 0 Å². The maximum Gasteiger partial charge on any atom is 0.335 e. The molecule has 1 aliphatic rings. The van der Waals surface area contributed by atoms with E-state index >= 15 is 0 Å². The Bertz CT molecular complexity index is 849. The Kier molecular flexibility index (Phi) is 3.31. The Hall–Kier alpha value is -3.21. The molecular weight excluding hydrogens is 282 g/mol. The summed E-state index contributed by atoms with van der Waals surface area (Å²) in [6, 6.07) is 12.8. The number of hydrogen-bond donors (Lipinski definition) is 2. The molecule has 0 fully saturated rings. The van der Waals surface area contributed by atoms with Gasteiger partial charge in [0.15, 0.2) is 5.78 Å². The Morgan fingerprint density at radius 1 is 1.05 bits per heavy atom. The Labute approximate surface area is 125 Å². The van der Waals surface area contributed by atoms with Gasteiger partial charge in [0, 0.05) is 17.3 Å². The number of fused-ring (bicyclic) bond motifs is 1. The van der Waals surface area contributed by atoms with Crippen LogP contribution in [0.2, 0.25) is 0 Å². The van der Waals surface area contributed by atoms with Crippen LogP contribution in [0.15, 0.2) is 59.1 Å². The highest BCUT2D eigenvalue weighted by Gasteiger charge is 2.27. The van der Waals surface area contributed by atoms with E-state index in [0.29, 0.717) is 16.8 Å². The Morgan fingerprint density at radius 3 is 2.45 bits per heavy atom. The molecule has 5 nitrogen and oxygen atoms in total. The minimum absolute atomic E-state index is 0.0990. The van der Waals surface area contributed by atoms with Gasteiger partial charge in [-0.25, -0.2) is 4.79 Å². The van der Waals surface area contributed by atoms with E-state index in [9.17, 15) is 14.7 Å². The standard InChI is InChI=1S/C17H11NO4/c19-15-12-6-1-2-7-13(12)16(20)14(15)9-18-11-5-3-4-10(8-11)17(21)22/h1-9,19H,(H,21,22). The zero-order valence-corrected chi connectivity index (χ0v) is 11.4. The van der Waals surface area contributed by atoms with Gasteiger partial charge in [-0.3, -0.25) is 9.79 Å². The lowest BCUT2D eigenvalue weighted by Crippen LogP contribution is -1.99. The lowest BCUT2D eigenvalue weighted by Gasteiger charge is -1.97. The topological polar surface area (TPSA) is 87.0 Å². The lowest BCUT2D eigenvalue weighted by molar-refractivity contribution is 0.0696. The molecule has 1 aliphatic carbocycles. The number of carboxylic acid groups (broad SMARTS) is 1. The van der Waals surface area contributed by atoms with Crippen molar-refractivity contribution in [3.63, 3.8) is 0 Å². The van der Waals surface area contributed by atoms with Gasteiger partial charge in [0.1, 0.15) is 5.76 Å². The van der Waals surface area contributed by atoms with Crippen LogP contribution >= 0.6 is 0 Å². The molecule has 2 aromatic rings. The molecule has 0 aliphatic heterocycles. The Balaban J connectivity index is 1.94. The first-order valence-electron chi connectivity index (χ1n) is 6.52. The minimum atomic E-state index is -1.05. The smallest absolute Gasteiger partial charge is 0.335 e. The summed E-state index contributed by atoms with van der Waals surface area (Å²) in [5, 5.41) is 19.0. The number of carbonyl (C=O) groups excluding carboxylic acids is 1. The third-order valence-electron chi connectivity index (χ3n) is 3.36. The molecule has 2 aromatic carbocycles. The average molecular weight is 293 g/mol. The summed E-state index contributed by atoms with van der Waals surface area (Å²) in [5.41, 5.74) is 1.51. The number of ketones is 1. The minimum Gasteiger partial charge on any atom is -0.506 e. The molecule has 5 heteroatoms. The van der Waals surface area contributed by atoms with Gasteiger partial charge in [-0.2, -0.15) is 0 Å². The average Bonchev–Trinajstić information content (AvgIpc) is 2.78. The number of Topliss-reactive ketones (excluding diaryl/α,β-unsaturated/α-hetero) is 1. The number of aliphatic hydroxyl groups is 1. The maximum absolute atomic E-state index is 12.2. The first kappa shape index (κ1) is 13.8. The van der Waals surface area contributed by atoms with E-state index in [0.717, 1.165) is 0 Å². The van der Waals surface area contributed by atoms with Crippen molar-refractivity contribution < 1.29 is 19.8 Å². The molecule has 0 radical (unpaired) electrons. The monoisotopic (exact) mass is 293 g/mol. The number of hydrogen-bond acceptors (Lipinski definition) is 4. The van der Waals surface area contributed by atoms with Crippen molar-refractivity contribution in [2.24, 2.45) is 4.99 Å². The number of aliphatic hydroxyl groups excluding tert-OH is 1.